The zero-order valence-corrected chi connectivity index (χ0v) is 10.8. The van der Waals surface area contributed by atoms with Gasteiger partial charge < -0.3 is 15.4 Å². The Kier molecular flexibility index (Phi) is 4.52. The van der Waals surface area contributed by atoms with Gasteiger partial charge in [0, 0.05) is 25.7 Å². The standard InChI is InChI=1S/C13H20N2O2/c1-9(14)11-7-5-6-8-12(11)17-10(2)13(16)15(3)4/h5-10H,14H2,1-4H3. The molecule has 94 valence electrons. The molecule has 1 aromatic carbocycles. The first-order valence-electron chi connectivity index (χ1n) is 5.65. The van der Waals surface area contributed by atoms with E-state index in [4.69, 9.17) is 10.5 Å². The Bertz CT molecular complexity index is 389. The number of benzene rings is 1. The molecule has 4 heteroatoms. The fourth-order valence-corrected chi connectivity index (χ4v) is 1.57. The van der Waals surface area contributed by atoms with Crippen molar-refractivity contribution in [2.75, 3.05) is 14.1 Å². The first-order chi connectivity index (χ1) is 7.93. The predicted octanol–water partition coefficient (Wildman–Crippen LogP) is 1.56. The lowest BCUT2D eigenvalue weighted by Gasteiger charge is -2.20. The maximum atomic E-state index is 11.7. The van der Waals surface area contributed by atoms with Gasteiger partial charge in [0.1, 0.15) is 5.75 Å². The third kappa shape index (κ3) is 3.46. The quantitative estimate of drug-likeness (QED) is 0.863. The summed E-state index contributed by atoms with van der Waals surface area (Å²) < 4.78 is 5.66. The highest BCUT2D eigenvalue weighted by Crippen LogP contribution is 2.24. The van der Waals surface area contributed by atoms with Crippen molar-refractivity contribution in [3.8, 4) is 5.75 Å². The van der Waals surface area contributed by atoms with E-state index in [9.17, 15) is 4.79 Å². The molecule has 0 aliphatic carbocycles. The maximum Gasteiger partial charge on any atom is 0.262 e. The average Bonchev–Trinajstić information content (AvgIpc) is 2.28. The van der Waals surface area contributed by atoms with E-state index in [0.29, 0.717) is 5.75 Å². The van der Waals surface area contributed by atoms with Gasteiger partial charge in [0.15, 0.2) is 6.10 Å². The normalized spacial score (nSPS) is 13.9. The van der Waals surface area contributed by atoms with Crippen LogP contribution >= 0.6 is 0 Å². The zero-order valence-electron chi connectivity index (χ0n) is 10.8. The topological polar surface area (TPSA) is 55.6 Å². The molecule has 1 rings (SSSR count). The number of carbonyl (C=O) groups is 1. The van der Waals surface area contributed by atoms with Crippen LogP contribution in [0.3, 0.4) is 0 Å². The molecule has 0 bridgehead atoms. The lowest BCUT2D eigenvalue weighted by Crippen LogP contribution is -2.35. The molecule has 1 aromatic rings. The van der Waals surface area contributed by atoms with Crippen LogP contribution in [0.2, 0.25) is 0 Å². The minimum Gasteiger partial charge on any atom is -0.481 e. The molecule has 0 aliphatic heterocycles. The van der Waals surface area contributed by atoms with Crippen molar-refractivity contribution in [2.24, 2.45) is 5.73 Å². The van der Waals surface area contributed by atoms with Crippen LogP contribution in [0, 0.1) is 0 Å². The Balaban J connectivity index is 2.85. The summed E-state index contributed by atoms with van der Waals surface area (Å²) in [6.45, 7) is 3.63. The third-order valence-corrected chi connectivity index (χ3v) is 2.50. The monoisotopic (exact) mass is 236 g/mol. The van der Waals surface area contributed by atoms with Gasteiger partial charge in [-0.05, 0) is 19.9 Å². The van der Waals surface area contributed by atoms with Crippen molar-refractivity contribution >= 4 is 5.91 Å². The largest absolute Gasteiger partial charge is 0.481 e. The van der Waals surface area contributed by atoms with Crippen molar-refractivity contribution in [1.82, 2.24) is 4.90 Å². The minimum absolute atomic E-state index is 0.0653. The van der Waals surface area contributed by atoms with E-state index in [2.05, 4.69) is 0 Å². The molecule has 0 heterocycles. The Hall–Kier alpha value is -1.55. The summed E-state index contributed by atoms with van der Waals surface area (Å²) in [5, 5.41) is 0. The van der Waals surface area contributed by atoms with Crippen molar-refractivity contribution in [3.63, 3.8) is 0 Å². The van der Waals surface area contributed by atoms with Gasteiger partial charge in [0.2, 0.25) is 0 Å². The van der Waals surface area contributed by atoms with E-state index in [-0.39, 0.29) is 11.9 Å². The van der Waals surface area contributed by atoms with Gasteiger partial charge in [-0.25, -0.2) is 0 Å². The van der Waals surface area contributed by atoms with Crippen LogP contribution in [-0.2, 0) is 4.79 Å². The molecular weight excluding hydrogens is 216 g/mol. The van der Waals surface area contributed by atoms with Gasteiger partial charge in [0.05, 0.1) is 0 Å². The number of nitrogens with zero attached hydrogens (tertiary/aromatic N) is 1. The predicted molar refractivity (Wildman–Crippen MR) is 67.8 cm³/mol. The van der Waals surface area contributed by atoms with Crippen molar-refractivity contribution in [3.05, 3.63) is 29.8 Å². The zero-order chi connectivity index (χ0) is 13.0. The lowest BCUT2D eigenvalue weighted by molar-refractivity contribution is -0.135. The molecule has 4 nitrogen and oxygen atoms in total. The van der Waals surface area contributed by atoms with Crippen LogP contribution in [0.15, 0.2) is 24.3 Å². The first kappa shape index (κ1) is 13.5. The number of nitrogens with two attached hydrogens (primary N) is 1. The first-order valence-corrected chi connectivity index (χ1v) is 5.65. The van der Waals surface area contributed by atoms with Gasteiger partial charge in [0.25, 0.3) is 5.91 Å². The maximum absolute atomic E-state index is 11.7. The van der Waals surface area contributed by atoms with Crippen LogP contribution in [0.5, 0.6) is 5.75 Å². The summed E-state index contributed by atoms with van der Waals surface area (Å²) >= 11 is 0. The number of hydrogen-bond acceptors (Lipinski definition) is 3. The van der Waals surface area contributed by atoms with Gasteiger partial charge in [-0.15, -0.1) is 0 Å². The van der Waals surface area contributed by atoms with Gasteiger partial charge in [-0.2, -0.15) is 0 Å². The van der Waals surface area contributed by atoms with E-state index in [1.807, 2.05) is 31.2 Å². The summed E-state index contributed by atoms with van der Waals surface area (Å²) in [5.74, 6) is 0.606. The second-order valence-electron chi connectivity index (χ2n) is 4.32. The third-order valence-electron chi connectivity index (χ3n) is 2.50. The Labute approximate surface area is 102 Å². The highest BCUT2D eigenvalue weighted by atomic mass is 16.5. The smallest absolute Gasteiger partial charge is 0.262 e. The molecule has 0 radical (unpaired) electrons. The number of ether oxygens (including phenoxy) is 1. The fourth-order valence-electron chi connectivity index (χ4n) is 1.57. The summed E-state index contributed by atoms with van der Waals surface area (Å²) in [6, 6.07) is 7.40. The Morgan fingerprint density at radius 1 is 1.29 bits per heavy atom. The number of para-hydroxylation sites is 1. The van der Waals surface area contributed by atoms with E-state index in [1.165, 1.54) is 4.90 Å². The Morgan fingerprint density at radius 2 is 1.88 bits per heavy atom. The van der Waals surface area contributed by atoms with Gasteiger partial charge >= 0.3 is 0 Å². The number of carbonyl (C=O) groups excluding carboxylic acids is 1. The minimum atomic E-state index is -0.509. The molecule has 2 N–H and O–H groups in total. The van der Waals surface area contributed by atoms with E-state index in [0.717, 1.165) is 5.56 Å². The summed E-state index contributed by atoms with van der Waals surface area (Å²) in [6.07, 6.45) is -0.509. The second kappa shape index (κ2) is 5.68. The van der Waals surface area contributed by atoms with Crippen molar-refractivity contribution in [2.45, 2.75) is 26.0 Å². The SMILES string of the molecule is CC(Oc1ccccc1C(C)N)C(=O)N(C)C. The number of amides is 1. The van der Waals surface area contributed by atoms with Crippen LogP contribution in [-0.4, -0.2) is 31.0 Å². The second-order valence-corrected chi connectivity index (χ2v) is 4.32. The van der Waals surface area contributed by atoms with E-state index >= 15 is 0 Å². The fraction of sp³-hybridized carbons (Fsp3) is 0.462. The average molecular weight is 236 g/mol. The Morgan fingerprint density at radius 3 is 2.41 bits per heavy atom. The summed E-state index contributed by atoms with van der Waals surface area (Å²) in [7, 11) is 3.42. The molecule has 0 aromatic heterocycles. The van der Waals surface area contributed by atoms with Crippen LogP contribution in [0.4, 0.5) is 0 Å². The summed E-state index contributed by atoms with van der Waals surface area (Å²) in [5.41, 5.74) is 6.76. The molecule has 2 atom stereocenters. The van der Waals surface area contributed by atoms with Crippen molar-refractivity contribution in [1.29, 1.82) is 0 Å². The van der Waals surface area contributed by atoms with E-state index < -0.39 is 6.10 Å². The summed E-state index contributed by atoms with van der Waals surface area (Å²) in [4.78, 5) is 13.2. The highest BCUT2D eigenvalue weighted by Gasteiger charge is 2.18. The van der Waals surface area contributed by atoms with Crippen LogP contribution in [0.1, 0.15) is 25.5 Å². The highest BCUT2D eigenvalue weighted by molar-refractivity contribution is 5.80. The molecule has 1 amide bonds. The molecule has 17 heavy (non-hydrogen) atoms. The van der Waals surface area contributed by atoms with E-state index in [1.54, 1.807) is 21.0 Å². The molecule has 2 unspecified atom stereocenters. The molecule has 0 spiro atoms. The van der Waals surface area contributed by atoms with Crippen molar-refractivity contribution < 1.29 is 9.53 Å². The lowest BCUT2D eigenvalue weighted by atomic mass is 10.1. The number of likely N-dealkylation sites (N-methyl/N-ethyl adjacent to an activating group) is 1. The molecular formula is C13H20N2O2. The van der Waals surface area contributed by atoms with Crippen LogP contribution < -0.4 is 10.5 Å². The number of rotatable bonds is 4. The molecule has 0 saturated heterocycles. The van der Waals surface area contributed by atoms with Crippen LogP contribution in [0.25, 0.3) is 0 Å². The molecule has 0 aliphatic rings. The van der Waals surface area contributed by atoms with Gasteiger partial charge in [-0.3, -0.25) is 4.79 Å². The molecule has 0 saturated carbocycles. The molecule has 0 fully saturated rings. The number of hydrogen-bond donors (Lipinski definition) is 1. The van der Waals surface area contributed by atoms with Gasteiger partial charge in [-0.1, -0.05) is 18.2 Å².